The van der Waals surface area contributed by atoms with E-state index >= 15 is 0 Å². The quantitative estimate of drug-likeness (QED) is 0.772. The normalized spacial score (nSPS) is 15.3. The van der Waals surface area contributed by atoms with Gasteiger partial charge in [-0.2, -0.15) is 0 Å². The van der Waals surface area contributed by atoms with E-state index in [0.717, 1.165) is 48.4 Å². The zero-order chi connectivity index (χ0) is 12.8. The topological polar surface area (TPSA) is 46.8 Å². The molecular formula is C11H19N5S2. The molecule has 1 fully saturated rings. The maximum atomic E-state index is 5.43. The van der Waals surface area contributed by atoms with Crippen LogP contribution in [0.2, 0.25) is 0 Å². The molecule has 0 aromatic carbocycles. The van der Waals surface area contributed by atoms with Crippen LogP contribution in [0.5, 0.6) is 0 Å². The number of aryl methyl sites for hydroxylation is 1. The molecule has 0 N–H and O–H groups in total. The molecule has 0 bridgehead atoms. The lowest BCUT2D eigenvalue weighted by Crippen LogP contribution is -2.23. The van der Waals surface area contributed by atoms with Crippen molar-refractivity contribution in [1.29, 1.82) is 0 Å². The molecular weight excluding hydrogens is 266 g/mol. The second kappa shape index (κ2) is 7.04. The summed E-state index contributed by atoms with van der Waals surface area (Å²) in [6.07, 6.45) is 4.78. The monoisotopic (exact) mass is 285 g/mol. The van der Waals surface area contributed by atoms with E-state index in [9.17, 15) is 0 Å². The van der Waals surface area contributed by atoms with Gasteiger partial charge in [0.15, 0.2) is 5.82 Å². The predicted molar refractivity (Wildman–Crippen MR) is 77.4 cm³/mol. The zero-order valence-electron chi connectivity index (χ0n) is 10.7. The molecule has 0 aliphatic carbocycles. The van der Waals surface area contributed by atoms with E-state index in [-0.39, 0.29) is 0 Å². The number of aromatic nitrogens is 4. The lowest BCUT2D eigenvalue weighted by molar-refractivity contribution is 0.537. The Morgan fingerprint density at radius 3 is 2.89 bits per heavy atom. The Labute approximate surface area is 117 Å². The molecule has 1 aromatic heterocycles. The van der Waals surface area contributed by atoms with Crippen LogP contribution in [0.3, 0.4) is 0 Å². The minimum atomic E-state index is 0.770. The van der Waals surface area contributed by atoms with Crippen molar-refractivity contribution < 1.29 is 0 Å². The summed E-state index contributed by atoms with van der Waals surface area (Å²) < 4.78 is 2.88. The second-order valence-electron chi connectivity index (χ2n) is 4.42. The average Bonchev–Trinajstić information content (AvgIpc) is 3.04. The molecule has 18 heavy (non-hydrogen) atoms. The molecule has 1 aliphatic heterocycles. The number of thiocarbonyl (C=S) groups is 1. The van der Waals surface area contributed by atoms with E-state index < -0.39 is 0 Å². The lowest BCUT2D eigenvalue weighted by Gasteiger charge is -2.17. The maximum Gasteiger partial charge on any atom is 0.161 e. The van der Waals surface area contributed by atoms with Crippen molar-refractivity contribution in [2.24, 2.45) is 0 Å². The lowest BCUT2D eigenvalue weighted by atomic mass is 10.3. The molecule has 0 spiro atoms. The highest BCUT2D eigenvalue weighted by Crippen LogP contribution is 2.19. The molecule has 100 valence electrons. The van der Waals surface area contributed by atoms with Crippen LogP contribution in [0.1, 0.15) is 38.4 Å². The molecule has 0 radical (unpaired) electrons. The van der Waals surface area contributed by atoms with Crippen LogP contribution in [0.4, 0.5) is 0 Å². The van der Waals surface area contributed by atoms with Crippen molar-refractivity contribution in [2.75, 3.05) is 13.1 Å². The Morgan fingerprint density at radius 2 is 2.17 bits per heavy atom. The minimum Gasteiger partial charge on any atom is -0.358 e. The van der Waals surface area contributed by atoms with Gasteiger partial charge in [0, 0.05) is 19.6 Å². The van der Waals surface area contributed by atoms with Crippen LogP contribution in [-0.2, 0) is 12.3 Å². The maximum absolute atomic E-state index is 5.43. The Hall–Kier alpha value is -0.690. The number of hydrogen-bond acceptors (Lipinski definition) is 5. The van der Waals surface area contributed by atoms with Gasteiger partial charge in [-0.15, -0.1) is 5.10 Å². The highest BCUT2D eigenvalue weighted by molar-refractivity contribution is 8.22. The Kier molecular flexibility index (Phi) is 5.37. The Balaban J connectivity index is 1.81. The minimum absolute atomic E-state index is 0.770. The van der Waals surface area contributed by atoms with Crippen molar-refractivity contribution >= 4 is 28.3 Å². The van der Waals surface area contributed by atoms with Gasteiger partial charge in [0.05, 0.1) is 5.75 Å². The third-order valence-corrected chi connectivity index (χ3v) is 4.54. The highest BCUT2D eigenvalue weighted by atomic mass is 32.2. The van der Waals surface area contributed by atoms with Crippen LogP contribution < -0.4 is 0 Å². The highest BCUT2D eigenvalue weighted by Gasteiger charge is 2.16. The predicted octanol–water partition coefficient (Wildman–Crippen LogP) is 2.09. The summed E-state index contributed by atoms with van der Waals surface area (Å²) in [5.74, 6) is 1.70. The fourth-order valence-corrected chi connectivity index (χ4v) is 3.11. The van der Waals surface area contributed by atoms with Crippen molar-refractivity contribution in [3.8, 4) is 0 Å². The molecule has 0 unspecified atom stereocenters. The van der Waals surface area contributed by atoms with Gasteiger partial charge in [0.25, 0.3) is 0 Å². The number of nitrogens with zero attached hydrogens (tertiary/aromatic N) is 5. The van der Waals surface area contributed by atoms with E-state index in [4.69, 9.17) is 12.2 Å². The van der Waals surface area contributed by atoms with Gasteiger partial charge >= 0.3 is 0 Å². The molecule has 2 heterocycles. The summed E-state index contributed by atoms with van der Waals surface area (Å²) >= 11 is 7.10. The molecule has 7 heteroatoms. The summed E-state index contributed by atoms with van der Waals surface area (Å²) in [6.45, 7) is 5.27. The summed E-state index contributed by atoms with van der Waals surface area (Å²) in [7, 11) is 0. The average molecular weight is 285 g/mol. The number of thioether (sulfide) groups is 1. The van der Waals surface area contributed by atoms with Gasteiger partial charge < -0.3 is 4.90 Å². The molecule has 0 atom stereocenters. The fraction of sp³-hybridized carbons (Fsp3) is 0.818. The summed E-state index contributed by atoms with van der Waals surface area (Å²) in [5.41, 5.74) is 0. The van der Waals surface area contributed by atoms with Crippen molar-refractivity contribution in [3.63, 3.8) is 0 Å². The van der Waals surface area contributed by atoms with Crippen LogP contribution >= 0.6 is 24.0 Å². The largest absolute Gasteiger partial charge is 0.358 e. The van der Waals surface area contributed by atoms with Crippen LogP contribution in [0, 0.1) is 0 Å². The third kappa shape index (κ3) is 3.65. The first-order valence-electron chi connectivity index (χ1n) is 6.48. The van der Waals surface area contributed by atoms with Gasteiger partial charge in [0.2, 0.25) is 0 Å². The van der Waals surface area contributed by atoms with Crippen molar-refractivity contribution in [2.45, 2.75) is 44.9 Å². The number of likely N-dealkylation sites (tertiary alicyclic amines) is 1. The van der Waals surface area contributed by atoms with E-state index in [2.05, 4.69) is 27.3 Å². The zero-order valence-corrected chi connectivity index (χ0v) is 12.3. The summed E-state index contributed by atoms with van der Waals surface area (Å²) in [4.78, 5) is 2.28. The molecule has 5 nitrogen and oxygen atoms in total. The first-order chi connectivity index (χ1) is 8.81. The molecule has 1 aromatic rings. The summed E-state index contributed by atoms with van der Waals surface area (Å²) in [6, 6.07) is 0. The number of tetrazole rings is 1. The molecule has 1 aliphatic rings. The second-order valence-corrected chi connectivity index (χ2v) is 6.03. The van der Waals surface area contributed by atoms with E-state index in [0.29, 0.717) is 0 Å². The van der Waals surface area contributed by atoms with Crippen LogP contribution in [-0.4, -0.2) is 42.5 Å². The molecule has 2 rings (SSSR count). The number of hydrogen-bond donors (Lipinski definition) is 0. The molecule has 0 saturated carbocycles. The van der Waals surface area contributed by atoms with Gasteiger partial charge in [0.1, 0.15) is 4.32 Å². The Bertz CT molecular complexity index is 387. The van der Waals surface area contributed by atoms with Crippen molar-refractivity contribution in [3.05, 3.63) is 5.82 Å². The first kappa shape index (κ1) is 13.7. The SMILES string of the molecule is CCCCn1nnnc1CSC(=S)N1CCCC1. The van der Waals surface area contributed by atoms with Crippen molar-refractivity contribution in [1.82, 2.24) is 25.1 Å². The number of rotatable bonds is 5. The van der Waals surface area contributed by atoms with Gasteiger partial charge in [-0.1, -0.05) is 37.3 Å². The third-order valence-electron chi connectivity index (χ3n) is 3.02. The summed E-state index contributed by atoms with van der Waals surface area (Å²) in [5, 5.41) is 11.8. The molecule has 0 amide bonds. The van der Waals surface area contributed by atoms with Crippen LogP contribution in [0.15, 0.2) is 0 Å². The molecule has 1 saturated heterocycles. The fourth-order valence-electron chi connectivity index (χ4n) is 1.93. The van der Waals surface area contributed by atoms with Gasteiger partial charge in [-0.25, -0.2) is 4.68 Å². The van der Waals surface area contributed by atoms with Gasteiger partial charge in [-0.05, 0) is 29.7 Å². The van der Waals surface area contributed by atoms with E-state index in [1.165, 1.54) is 12.8 Å². The standard InChI is InChI=1S/C11H19N5S2/c1-2-3-8-16-10(12-13-14-16)9-18-11(17)15-6-4-5-7-15/h2-9H2,1H3. The van der Waals surface area contributed by atoms with Crippen LogP contribution in [0.25, 0.3) is 0 Å². The van der Waals surface area contributed by atoms with Gasteiger partial charge in [-0.3, -0.25) is 0 Å². The number of unbranched alkanes of at least 4 members (excludes halogenated alkanes) is 1. The first-order valence-corrected chi connectivity index (χ1v) is 7.87. The Morgan fingerprint density at radius 1 is 1.39 bits per heavy atom. The van der Waals surface area contributed by atoms with E-state index in [1.54, 1.807) is 11.8 Å². The van der Waals surface area contributed by atoms with E-state index in [1.807, 2.05) is 4.68 Å². The smallest absolute Gasteiger partial charge is 0.161 e.